The van der Waals surface area contributed by atoms with Crippen molar-refractivity contribution in [2.24, 2.45) is 0 Å². The van der Waals surface area contributed by atoms with Crippen molar-refractivity contribution >= 4 is 23.3 Å². The second-order valence-corrected chi connectivity index (χ2v) is 7.68. The third kappa shape index (κ3) is 4.20. The van der Waals surface area contributed by atoms with Gasteiger partial charge in [-0.3, -0.25) is 14.6 Å². The molecule has 1 aliphatic rings. The predicted molar refractivity (Wildman–Crippen MR) is 112 cm³/mol. The summed E-state index contributed by atoms with van der Waals surface area (Å²) in [6, 6.07) is 11.6. The molecule has 1 amide bonds. The fourth-order valence-corrected chi connectivity index (χ4v) is 3.79. The molecule has 146 valence electrons. The zero-order valence-corrected chi connectivity index (χ0v) is 16.8. The van der Waals surface area contributed by atoms with Gasteiger partial charge in [-0.25, -0.2) is 4.98 Å². The standard InChI is InChI=1S/C23H20ClN3O2/c1-27(23(29)22-21(24)3-2-8-26-22)14-15-9-19(13-25-12-15)17-4-5-18-11-20(28)7-6-16(18)10-17/h2-5,8-10,12-13H,6-7,11,14H2,1H3. The SMILES string of the molecule is CN(Cc1cncc(-c2ccc3c(c2)CCC(=O)C3)c1)C(=O)c1ncccc1Cl. The minimum atomic E-state index is -0.237. The Labute approximate surface area is 174 Å². The molecule has 0 saturated heterocycles. The highest BCUT2D eigenvalue weighted by molar-refractivity contribution is 6.33. The van der Waals surface area contributed by atoms with Crippen LogP contribution < -0.4 is 0 Å². The van der Waals surface area contributed by atoms with Gasteiger partial charge in [0.25, 0.3) is 5.91 Å². The second kappa shape index (κ2) is 8.13. The van der Waals surface area contributed by atoms with E-state index in [0.29, 0.717) is 30.2 Å². The van der Waals surface area contributed by atoms with Crippen LogP contribution in [0.5, 0.6) is 0 Å². The number of aromatic nitrogens is 2. The molecule has 0 saturated carbocycles. The fourth-order valence-electron chi connectivity index (χ4n) is 3.59. The van der Waals surface area contributed by atoms with Crippen LogP contribution in [0.4, 0.5) is 0 Å². The summed E-state index contributed by atoms with van der Waals surface area (Å²) >= 11 is 6.10. The first-order valence-corrected chi connectivity index (χ1v) is 9.83. The van der Waals surface area contributed by atoms with Crippen molar-refractivity contribution in [1.29, 1.82) is 0 Å². The second-order valence-electron chi connectivity index (χ2n) is 7.28. The molecule has 29 heavy (non-hydrogen) atoms. The summed E-state index contributed by atoms with van der Waals surface area (Å²) in [6.45, 7) is 0.395. The minimum Gasteiger partial charge on any atom is -0.336 e. The molecule has 0 N–H and O–H groups in total. The molecule has 0 bridgehead atoms. The van der Waals surface area contributed by atoms with Crippen LogP contribution in [0.2, 0.25) is 5.02 Å². The van der Waals surface area contributed by atoms with Crippen LogP contribution in [0.15, 0.2) is 55.0 Å². The first-order chi connectivity index (χ1) is 14.0. The summed E-state index contributed by atoms with van der Waals surface area (Å²) in [5, 5.41) is 0.337. The molecule has 1 aromatic carbocycles. The monoisotopic (exact) mass is 405 g/mol. The Bertz CT molecular complexity index is 1100. The number of aryl methyl sites for hydroxylation is 1. The van der Waals surface area contributed by atoms with Crippen molar-refractivity contribution in [2.75, 3.05) is 7.05 Å². The zero-order chi connectivity index (χ0) is 20.4. The van der Waals surface area contributed by atoms with Gasteiger partial charge in [-0.15, -0.1) is 0 Å². The number of amides is 1. The maximum Gasteiger partial charge on any atom is 0.274 e. The number of carbonyl (C=O) groups excluding carboxylic acids is 2. The molecule has 2 heterocycles. The zero-order valence-electron chi connectivity index (χ0n) is 16.1. The van der Waals surface area contributed by atoms with Gasteiger partial charge in [0.2, 0.25) is 0 Å². The Balaban J connectivity index is 1.54. The number of nitrogens with zero attached hydrogens (tertiary/aromatic N) is 3. The summed E-state index contributed by atoms with van der Waals surface area (Å²) in [5.41, 5.74) is 5.55. The molecule has 0 radical (unpaired) electrons. The number of carbonyl (C=O) groups is 2. The highest BCUT2D eigenvalue weighted by Crippen LogP contribution is 2.27. The maximum atomic E-state index is 12.6. The van der Waals surface area contributed by atoms with E-state index in [9.17, 15) is 9.59 Å². The van der Waals surface area contributed by atoms with Crippen LogP contribution in [0.25, 0.3) is 11.1 Å². The molecule has 5 nitrogen and oxygen atoms in total. The summed E-state index contributed by atoms with van der Waals surface area (Å²) < 4.78 is 0. The van der Waals surface area contributed by atoms with Gasteiger partial charge in [-0.2, -0.15) is 0 Å². The van der Waals surface area contributed by atoms with E-state index in [4.69, 9.17) is 11.6 Å². The van der Waals surface area contributed by atoms with Crippen molar-refractivity contribution < 1.29 is 9.59 Å². The number of benzene rings is 1. The van der Waals surface area contributed by atoms with Gasteiger partial charge in [0.05, 0.1) is 5.02 Å². The van der Waals surface area contributed by atoms with Gasteiger partial charge < -0.3 is 4.90 Å². The predicted octanol–water partition coefficient (Wildman–Crippen LogP) is 4.13. The number of rotatable bonds is 4. The summed E-state index contributed by atoms with van der Waals surface area (Å²) in [5.74, 6) is 0.0640. The van der Waals surface area contributed by atoms with Crippen molar-refractivity contribution in [3.05, 3.63) is 82.4 Å². The van der Waals surface area contributed by atoms with E-state index < -0.39 is 0 Å². The van der Waals surface area contributed by atoms with Gasteiger partial charge in [-0.05, 0) is 46.9 Å². The van der Waals surface area contributed by atoms with E-state index in [2.05, 4.69) is 16.0 Å². The van der Waals surface area contributed by atoms with Gasteiger partial charge >= 0.3 is 0 Å². The van der Waals surface area contributed by atoms with Gasteiger partial charge in [-0.1, -0.05) is 29.8 Å². The van der Waals surface area contributed by atoms with E-state index in [1.165, 1.54) is 5.56 Å². The molecule has 2 aromatic heterocycles. The van der Waals surface area contributed by atoms with Gasteiger partial charge in [0, 0.05) is 50.6 Å². The minimum absolute atomic E-state index is 0.237. The molecule has 0 fully saturated rings. The molecule has 0 spiro atoms. The highest BCUT2D eigenvalue weighted by atomic mass is 35.5. The number of hydrogen-bond donors (Lipinski definition) is 0. The molecule has 0 aliphatic heterocycles. The number of pyridine rings is 2. The Morgan fingerprint density at radius 2 is 1.97 bits per heavy atom. The molecule has 3 aromatic rings. The fraction of sp³-hybridized carbons (Fsp3) is 0.217. The molecule has 4 rings (SSSR count). The van der Waals surface area contributed by atoms with Crippen molar-refractivity contribution in [3.8, 4) is 11.1 Å². The third-order valence-corrected chi connectivity index (χ3v) is 5.43. The Kier molecular flexibility index (Phi) is 5.41. The van der Waals surface area contributed by atoms with Crippen LogP contribution in [-0.4, -0.2) is 33.6 Å². The molecule has 0 unspecified atom stereocenters. The number of fused-ring (bicyclic) bond motifs is 1. The van der Waals surface area contributed by atoms with Crippen LogP contribution in [0.1, 0.15) is 33.6 Å². The average Bonchev–Trinajstić information content (AvgIpc) is 2.73. The van der Waals surface area contributed by atoms with E-state index >= 15 is 0 Å². The normalized spacial score (nSPS) is 13.1. The lowest BCUT2D eigenvalue weighted by molar-refractivity contribution is -0.118. The number of ketones is 1. The topological polar surface area (TPSA) is 63.2 Å². The van der Waals surface area contributed by atoms with E-state index in [1.807, 2.05) is 24.4 Å². The Hall–Kier alpha value is -3.05. The first kappa shape index (κ1) is 19.3. The molecule has 1 aliphatic carbocycles. The maximum absolute atomic E-state index is 12.6. The summed E-state index contributed by atoms with van der Waals surface area (Å²) in [7, 11) is 1.72. The van der Waals surface area contributed by atoms with Crippen LogP contribution in [0.3, 0.4) is 0 Å². The number of Topliss-reactive ketones (excluding diaryl/α,β-unsaturated/α-hetero) is 1. The third-order valence-electron chi connectivity index (χ3n) is 5.12. The van der Waals surface area contributed by atoms with Crippen molar-refractivity contribution in [1.82, 2.24) is 14.9 Å². The quantitative estimate of drug-likeness (QED) is 0.654. The van der Waals surface area contributed by atoms with Gasteiger partial charge in [0.15, 0.2) is 0 Å². The summed E-state index contributed by atoms with van der Waals surface area (Å²) in [6.07, 6.45) is 7.05. The lowest BCUT2D eigenvalue weighted by Crippen LogP contribution is -2.27. The Morgan fingerprint density at radius 3 is 2.79 bits per heavy atom. The molecular formula is C23H20ClN3O2. The Morgan fingerprint density at radius 1 is 1.10 bits per heavy atom. The van der Waals surface area contributed by atoms with E-state index in [-0.39, 0.29) is 11.6 Å². The van der Waals surface area contributed by atoms with Gasteiger partial charge in [0.1, 0.15) is 11.5 Å². The number of hydrogen-bond acceptors (Lipinski definition) is 4. The molecule has 0 atom stereocenters. The van der Waals surface area contributed by atoms with Crippen LogP contribution in [0, 0.1) is 0 Å². The summed E-state index contributed by atoms with van der Waals surface area (Å²) in [4.78, 5) is 34.3. The van der Waals surface area contributed by atoms with Crippen LogP contribution >= 0.6 is 11.6 Å². The average molecular weight is 406 g/mol. The molecule has 6 heteroatoms. The number of halogens is 1. The first-order valence-electron chi connectivity index (χ1n) is 9.45. The molecular weight excluding hydrogens is 386 g/mol. The lowest BCUT2D eigenvalue weighted by Gasteiger charge is -2.18. The van der Waals surface area contributed by atoms with Crippen LogP contribution in [-0.2, 0) is 24.2 Å². The van der Waals surface area contributed by atoms with E-state index in [0.717, 1.165) is 28.7 Å². The largest absolute Gasteiger partial charge is 0.336 e. The highest BCUT2D eigenvalue weighted by Gasteiger charge is 2.18. The van der Waals surface area contributed by atoms with Crippen molar-refractivity contribution in [3.63, 3.8) is 0 Å². The van der Waals surface area contributed by atoms with E-state index in [1.54, 1.807) is 36.5 Å². The lowest BCUT2D eigenvalue weighted by atomic mass is 9.88. The smallest absolute Gasteiger partial charge is 0.274 e. The van der Waals surface area contributed by atoms with Crippen molar-refractivity contribution in [2.45, 2.75) is 25.8 Å².